The Morgan fingerprint density at radius 3 is 2.56 bits per heavy atom. The van der Waals surface area contributed by atoms with E-state index >= 15 is 0 Å². The number of halogens is 1. The van der Waals surface area contributed by atoms with Gasteiger partial charge in [0.25, 0.3) is 5.52 Å². The standard InChI is InChI=1S/C20H19N2O2.HI/c1-14(12-19-21(2)15-8-4-6-10-17(15)23-19)13-20-22(3)16-9-5-7-11-18(16)24-20;/h4-13H,1-3H3;1H/q+1;/p-1. The molecule has 0 fully saturated rings. The minimum absolute atomic E-state index is 0. The second-order valence-electron chi connectivity index (χ2n) is 5.97. The van der Waals surface area contributed by atoms with Gasteiger partial charge in [-0.2, -0.15) is 4.57 Å². The Morgan fingerprint density at radius 2 is 1.80 bits per heavy atom. The highest BCUT2D eigenvalue weighted by molar-refractivity contribution is 5.70. The molecule has 0 saturated carbocycles. The minimum Gasteiger partial charge on any atom is -1.00 e. The molecule has 3 aromatic rings. The molecule has 25 heavy (non-hydrogen) atoms. The molecule has 2 aromatic carbocycles. The lowest BCUT2D eigenvalue weighted by Crippen LogP contribution is -3.00. The van der Waals surface area contributed by atoms with Gasteiger partial charge in [-0.25, -0.2) is 0 Å². The van der Waals surface area contributed by atoms with Crippen molar-refractivity contribution in [2.24, 2.45) is 7.05 Å². The lowest BCUT2D eigenvalue weighted by Gasteiger charge is -2.10. The van der Waals surface area contributed by atoms with Crippen molar-refractivity contribution in [3.05, 3.63) is 72.0 Å². The molecule has 2 heterocycles. The van der Waals surface area contributed by atoms with Crippen LogP contribution in [0.4, 0.5) is 5.69 Å². The number of aromatic nitrogens is 1. The number of oxazole rings is 1. The van der Waals surface area contributed by atoms with Gasteiger partial charge in [-0.3, -0.25) is 0 Å². The first kappa shape index (κ1) is 17.5. The molecule has 1 aromatic heterocycles. The molecular formula is C20H19IN2O2. The molecule has 0 radical (unpaired) electrons. The molecular weight excluding hydrogens is 427 g/mol. The normalized spacial score (nSPS) is 15.2. The van der Waals surface area contributed by atoms with E-state index in [0.717, 1.165) is 39.9 Å². The molecule has 0 bridgehead atoms. The van der Waals surface area contributed by atoms with Crippen LogP contribution >= 0.6 is 0 Å². The van der Waals surface area contributed by atoms with Gasteiger partial charge in [0.15, 0.2) is 5.75 Å². The van der Waals surface area contributed by atoms with Crippen molar-refractivity contribution in [2.45, 2.75) is 6.92 Å². The Bertz CT molecular complexity index is 988. The van der Waals surface area contributed by atoms with E-state index in [-0.39, 0.29) is 24.0 Å². The Morgan fingerprint density at radius 1 is 1.08 bits per heavy atom. The summed E-state index contributed by atoms with van der Waals surface area (Å²) in [6, 6.07) is 16.0. The average molecular weight is 446 g/mol. The van der Waals surface area contributed by atoms with Gasteiger partial charge in [0.1, 0.15) is 7.05 Å². The zero-order valence-corrected chi connectivity index (χ0v) is 16.5. The van der Waals surface area contributed by atoms with Crippen LogP contribution in [0.1, 0.15) is 12.8 Å². The SMILES string of the molecule is CC(=C\c1oc2ccccc2[n+]1C)/C=C1/Oc2ccccc2N1C.[I-]. The van der Waals surface area contributed by atoms with Crippen LogP contribution in [0.5, 0.6) is 5.75 Å². The summed E-state index contributed by atoms with van der Waals surface area (Å²) < 4.78 is 13.9. The summed E-state index contributed by atoms with van der Waals surface area (Å²) in [7, 11) is 4.01. The summed E-state index contributed by atoms with van der Waals surface area (Å²) in [5.41, 5.74) is 4.09. The van der Waals surface area contributed by atoms with E-state index in [9.17, 15) is 0 Å². The number of rotatable bonds is 2. The van der Waals surface area contributed by atoms with Crippen LogP contribution in [0.25, 0.3) is 17.2 Å². The number of hydrogen-bond donors (Lipinski definition) is 0. The van der Waals surface area contributed by atoms with E-state index < -0.39 is 0 Å². The Labute approximate surface area is 164 Å². The van der Waals surface area contributed by atoms with Crippen molar-refractivity contribution in [3.63, 3.8) is 0 Å². The Kier molecular flexibility index (Phi) is 4.85. The molecule has 0 N–H and O–H groups in total. The molecule has 0 aliphatic carbocycles. The zero-order chi connectivity index (χ0) is 16.7. The van der Waals surface area contributed by atoms with Crippen molar-refractivity contribution in [2.75, 3.05) is 11.9 Å². The number of hydrogen-bond acceptors (Lipinski definition) is 3. The molecule has 0 spiro atoms. The fraction of sp³-hybridized carbons (Fsp3) is 0.150. The summed E-state index contributed by atoms with van der Waals surface area (Å²) >= 11 is 0. The van der Waals surface area contributed by atoms with Crippen LogP contribution < -0.4 is 38.2 Å². The van der Waals surface area contributed by atoms with Gasteiger partial charge in [0, 0.05) is 19.2 Å². The predicted molar refractivity (Wildman–Crippen MR) is 94.6 cm³/mol. The van der Waals surface area contributed by atoms with E-state index in [1.54, 1.807) is 0 Å². The van der Waals surface area contributed by atoms with E-state index in [0.29, 0.717) is 0 Å². The van der Waals surface area contributed by atoms with E-state index in [2.05, 4.69) is 12.1 Å². The Balaban J connectivity index is 0.00000182. The number of nitrogens with zero attached hydrogens (tertiary/aromatic N) is 2. The third-order valence-electron chi connectivity index (χ3n) is 4.25. The number of benzene rings is 2. The van der Waals surface area contributed by atoms with Crippen LogP contribution in [0, 0.1) is 0 Å². The van der Waals surface area contributed by atoms with Gasteiger partial charge in [-0.05, 0) is 30.7 Å². The fourth-order valence-electron chi connectivity index (χ4n) is 2.92. The summed E-state index contributed by atoms with van der Waals surface area (Å²) in [5, 5.41) is 0. The number of para-hydroxylation sites is 4. The first-order valence-electron chi connectivity index (χ1n) is 7.91. The highest BCUT2D eigenvalue weighted by Gasteiger charge is 2.22. The highest BCUT2D eigenvalue weighted by atomic mass is 127. The molecule has 0 amide bonds. The first-order valence-corrected chi connectivity index (χ1v) is 7.91. The molecule has 0 unspecified atom stereocenters. The molecule has 1 aliphatic heterocycles. The number of aryl methyl sites for hydroxylation is 1. The maximum atomic E-state index is 5.93. The second kappa shape index (κ2) is 6.92. The molecule has 4 nitrogen and oxygen atoms in total. The summed E-state index contributed by atoms with van der Waals surface area (Å²) in [4.78, 5) is 2.05. The Hall–Kier alpha value is -2.28. The average Bonchev–Trinajstić information content (AvgIpc) is 3.06. The van der Waals surface area contributed by atoms with Crippen molar-refractivity contribution < 1.29 is 37.7 Å². The maximum Gasteiger partial charge on any atom is 0.374 e. The highest BCUT2D eigenvalue weighted by Crippen LogP contribution is 2.37. The van der Waals surface area contributed by atoms with Crippen molar-refractivity contribution in [1.82, 2.24) is 0 Å². The molecule has 0 atom stereocenters. The minimum atomic E-state index is 0. The smallest absolute Gasteiger partial charge is 0.374 e. The van der Waals surface area contributed by atoms with Crippen LogP contribution in [0.2, 0.25) is 0 Å². The van der Waals surface area contributed by atoms with Crippen LogP contribution in [0.15, 0.2) is 70.5 Å². The number of anilines is 1. The molecule has 0 saturated heterocycles. The first-order chi connectivity index (χ1) is 11.6. The molecule has 4 rings (SSSR count). The number of allylic oxidation sites excluding steroid dienone is 2. The summed E-state index contributed by atoms with van der Waals surface area (Å²) in [6.07, 6.45) is 4.04. The number of ether oxygens (including phenoxy) is 1. The summed E-state index contributed by atoms with van der Waals surface area (Å²) in [6.45, 7) is 2.04. The molecule has 5 heteroatoms. The van der Waals surface area contributed by atoms with Crippen molar-refractivity contribution in [1.29, 1.82) is 0 Å². The lowest BCUT2D eigenvalue weighted by molar-refractivity contribution is -0.652. The van der Waals surface area contributed by atoms with E-state index in [1.165, 1.54) is 0 Å². The predicted octanol–water partition coefficient (Wildman–Crippen LogP) is 1.03. The lowest BCUT2D eigenvalue weighted by atomic mass is 10.2. The van der Waals surface area contributed by atoms with Gasteiger partial charge >= 0.3 is 5.89 Å². The van der Waals surface area contributed by atoms with Crippen LogP contribution in [-0.2, 0) is 7.05 Å². The third kappa shape index (κ3) is 3.16. The third-order valence-corrected chi connectivity index (χ3v) is 4.25. The fourth-order valence-corrected chi connectivity index (χ4v) is 2.92. The monoisotopic (exact) mass is 446 g/mol. The van der Waals surface area contributed by atoms with Crippen molar-refractivity contribution in [3.8, 4) is 5.75 Å². The van der Waals surface area contributed by atoms with Gasteiger partial charge in [-0.15, -0.1) is 0 Å². The molecule has 128 valence electrons. The van der Waals surface area contributed by atoms with Gasteiger partial charge in [-0.1, -0.05) is 24.3 Å². The maximum absolute atomic E-state index is 5.93. The molecule has 1 aliphatic rings. The van der Waals surface area contributed by atoms with Gasteiger partial charge < -0.3 is 38.0 Å². The van der Waals surface area contributed by atoms with E-state index in [4.69, 9.17) is 9.15 Å². The topological polar surface area (TPSA) is 29.5 Å². The van der Waals surface area contributed by atoms with Crippen molar-refractivity contribution >= 4 is 22.9 Å². The van der Waals surface area contributed by atoms with Gasteiger partial charge in [0.2, 0.25) is 11.5 Å². The van der Waals surface area contributed by atoms with Crippen LogP contribution in [0.3, 0.4) is 0 Å². The quantitative estimate of drug-likeness (QED) is 0.436. The van der Waals surface area contributed by atoms with Gasteiger partial charge in [0.05, 0.1) is 11.8 Å². The zero-order valence-electron chi connectivity index (χ0n) is 14.4. The van der Waals surface area contributed by atoms with Crippen LogP contribution in [-0.4, -0.2) is 7.05 Å². The number of fused-ring (bicyclic) bond motifs is 2. The summed E-state index contributed by atoms with van der Waals surface area (Å²) in [5.74, 6) is 2.50. The van der Waals surface area contributed by atoms with E-state index in [1.807, 2.05) is 79.0 Å². The second-order valence-corrected chi connectivity index (χ2v) is 5.97. The largest absolute Gasteiger partial charge is 1.00 e.